The zero-order chi connectivity index (χ0) is 31.1. The number of nitrogens with one attached hydrogen (secondary N) is 2. The van der Waals surface area contributed by atoms with Crippen molar-refractivity contribution >= 4 is 23.0 Å². The van der Waals surface area contributed by atoms with Gasteiger partial charge in [0.1, 0.15) is 0 Å². The van der Waals surface area contributed by atoms with Crippen LogP contribution >= 0.6 is 0 Å². The van der Waals surface area contributed by atoms with Crippen molar-refractivity contribution in [1.82, 2.24) is 5.32 Å². The number of halogens is 3. The molecule has 4 aromatic carbocycles. The highest BCUT2D eigenvalue weighted by atomic mass is 19.4. The molecule has 1 heterocycles. The van der Waals surface area contributed by atoms with E-state index in [0.29, 0.717) is 23.4 Å². The van der Waals surface area contributed by atoms with Crippen molar-refractivity contribution in [1.29, 1.82) is 0 Å². The highest BCUT2D eigenvalue weighted by Gasteiger charge is 2.34. The Kier molecular flexibility index (Phi) is 9.73. The van der Waals surface area contributed by atoms with Crippen LogP contribution in [0.2, 0.25) is 0 Å². The average molecular weight is 598 g/mol. The molecule has 44 heavy (non-hydrogen) atoms. The number of nitrogens with zero attached hydrogens (tertiary/aromatic N) is 1. The highest BCUT2D eigenvalue weighted by Crippen LogP contribution is 2.40. The number of anilines is 2. The molecule has 7 heteroatoms. The molecule has 0 aliphatic carbocycles. The Morgan fingerprint density at radius 2 is 1.48 bits per heavy atom. The molecule has 2 N–H and O–H groups in total. The van der Waals surface area contributed by atoms with Gasteiger partial charge in [-0.05, 0) is 72.2 Å². The van der Waals surface area contributed by atoms with Crippen molar-refractivity contribution in [2.75, 3.05) is 29.9 Å². The number of hydrogen-bond acceptors (Lipinski definition) is 3. The number of piperidine rings is 1. The van der Waals surface area contributed by atoms with Crippen molar-refractivity contribution in [2.45, 2.75) is 38.3 Å². The molecule has 0 aromatic heterocycles. The van der Waals surface area contributed by atoms with Gasteiger partial charge in [0, 0.05) is 42.3 Å². The first kappa shape index (κ1) is 30.9. The summed E-state index contributed by atoms with van der Waals surface area (Å²) in [5, 5.41) is 6.40. The van der Waals surface area contributed by atoms with Gasteiger partial charge in [-0.25, -0.2) is 0 Å². The number of carbonyl (C=O) groups is 1. The summed E-state index contributed by atoms with van der Waals surface area (Å²) in [5.41, 5.74) is 3.98. The van der Waals surface area contributed by atoms with Gasteiger partial charge >= 0.3 is 6.18 Å². The van der Waals surface area contributed by atoms with Crippen LogP contribution in [0.5, 0.6) is 0 Å². The van der Waals surface area contributed by atoms with Gasteiger partial charge in [-0.3, -0.25) is 4.79 Å². The molecule has 4 aromatic rings. The molecule has 4 nitrogen and oxygen atoms in total. The minimum Gasteiger partial charge on any atom is -0.372 e. The van der Waals surface area contributed by atoms with Crippen LogP contribution in [0.3, 0.4) is 0 Å². The maximum absolute atomic E-state index is 13.8. The molecule has 228 valence electrons. The third kappa shape index (κ3) is 7.16. The first-order valence-corrected chi connectivity index (χ1v) is 15.2. The van der Waals surface area contributed by atoms with Gasteiger partial charge in [0.05, 0.1) is 11.5 Å². The molecule has 0 bridgehead atoms. The normalized spacial score (nSPS) is 14.6. The van der Waals surface area contributed by atoms with E-state index in [9.17, 15) is 18.0 Å². The molecule has 0 spiro atoms. The third-order valence-electron chi connectivity index (χ3n) is 8.30. The van der Waals surface area contributed by atoms with Gasteiger partial charge in [-0.2, -0.15) is 13.2 Å². The Morgan fingerprint density at radius 1 is 0.864 bits per heavy atom. The molecule has 0 radical (unpaired) electrons. The van der Waals surface area contributed by atoms with E-state index in [-0.39, 0.29) is 23.3 Å². The Hall–Kier alpha value is -4.52. The van der Waals surface area contributed by atoms with Gasteiger partial charge in [0.15, 0.2) is 0 Å². The molecular weight excluding hydrogens is 559 g/mol. The largest absolute Gasteiger partial charge is 0.417 e. The fourth-order valence-corrected chi connectivity index (χ4v) is 6.09. The number of benzene rings is 4. The number of alkyl halides is 3. The monoisotopic (exact) mass is 597 g/mol. The van der Waals surface area contributed by atoms with E-state index in [0.717, 1.165) is 55.4 Å². The molecule has 1 amide bonds. The summed E-state index contributed by atoms with van der Waals surface area (Å²) in [6, 6.07) is 30.7. The Labute approximate surface area is 257 Å². The van der Waals surface area contributed by atoms with Crippen molar-refractivity contribution in [3.8, 4) is 11.1 Å². The molecule has 1 fully saturated rings. The van der Waals surface area contributed by atoms with Crippen molar-refractivity contribution in [2.24, 2.45) is 5.92 Å². The SMILES string of the molecule is C=C(Nc1ccc(N2CCC(C(C(=O)NCCC)c3ccccc3)CC2)cc1)c1ccccc1-c1ccccc1C(F)(F)F. The molecular formula is C37H38F3N3O. The second kappa shape index (κ2) is 13.8. The van der Waals surface area contributed by atoms with Crippen LogP contribution in [0.4, 0.5) is 24.5 Å². The second-order valence-electron chi connectivity index (χ2n) is 11.2. The molecule has 1 aliphatic heterocycles. The lowest BCUT2D eigenvalue weighted by atomic mass is 9.79. The van der Waals surface area contributed by atoms with Crippen LogP contribution in [0.1, 0.15) is 48.8 Å². The minimum absolute atomic E-state index is 0.107. The Balaban J connectivity index is 1.25. The first-order valence-electron chi connectivity index (χ1n) is 15.2. The molecule has 1 atom stereocenters. The maximum atomic E-state index is 13.8. The van der Waals surface area contributed by atoms with Gasteiger partial charge < -0.3 is 15.5 Å². The van der Waals surface area contributed by atoms with Crippen LogP contribution < -0.4 is 15.5 Å². The predicted octanol–water partition coefficient (Wildman–Crippen LogP) is 8.98. The zero-order valence-corrected chi connectivity index (χ0v) is 24.9. The summed E-state index contributed by atoms with van der Waals surface area (Å²) < 4.78 is 41.3. The summed E-state index contributed by atoms with van der Waals surface area (Å²) in [6.45, 7) is 8.59. The second-order valence-corrected chi connectivity index (χ2v) is 11.2. The highest BCUT2D eigenvalue weighted by molar-refractivity contribution is 5.87. The lowest BCUT2D eigenvalue weighted by molar-refractivity contribution is -0.137. The standard InChI is InChI=1S/C37H38F3N3O/c1-3-23-41-36(44)35(27-11-5-4-6-12-27)28-21-24-43(25-22-28)30-19-17-29(18-20-30)42-26(2)31-13-7-8-14-32(31)33-15-9-10-16-34(33)37(38,39)40/h4-20,28,35,42H,2-3,21-25H2,1H3,(H,41,44). The van der Waals surface area contributed by atoms with Gasteiger partial charge in [0.25, 0.3) is 0 Å². The molecule has 1 aliphatic rings. The zero-order valence-electron chi connectivity index (χ0n) is 24.9. The maximum Gasteiger partial charge on any atom is 0.417 e. The number of hydrogen-bond donors (Lipinski definition) is 2. The Bertz CT molecular complexity index is 1560. The molecule has 0 saturated carbocycles. The van der Waals surface area contributed by atoms with E-state index < -0.39 is 11.7 Å². The summed E-state index contributed by atoms with van der Waals surface area (Å²) in [4.78, 5) is 15.5. The lowest BCUT2D eigenvalue weighted by Gasteiger charge is -2.37. The topological polar surface area (TPSA) is 44.4 Å². The van der Waals surface area contributed by atoms with E-state index in [1.54, 1.807) is 30.3 Å². The number of amides is 1. The van der Waals surface area contributed by atoms with Crippen LogP contribution in [-0.2, 0) is 11.0 Å². The number of carbonyl (C=O) groups excluding carboxylic acids is 1. The summed E-state index contributed by atoms with van der Waals surface area (Å²) in [7, 11) is 0. The van der Waals surface area contributed by atoms with Gasteiger partial charge in [-0.15, -0.1) is 0 Å². The van der Waals surface area contributed by atoms with Crippen LogP contribution in [-0.4, -0.2) is 25.5 Å². The van der Waals surface area contributed by atoms with Crippen molar-refractivity contribution in [3.63, 3.8) is 0 Å². The van der Waals surface area contributed by atoms with Crippen molar-refractivity contribution < 1.29 is 18.0 Å². The van der Waals surface area contributed by atoms with E-state index in [1.807, 2.05) is 42.5 Å². The summed E-state index contributed by atoms with van der Waals surface area (Å²) in [5.74, 6) is 0.210. The van der Waals surface area contributed by atoms with Crippen LogP contribution in [0.25, 0.3) is 16.8 Å². The van der Waals surface area contributed by atoms with Crippen LogP contribution in [0.15, 0.2) is 110 Å². The number of rotatable bonds is 10. The lowest BCUT2D eigenvalue weighted by Crippen LogP contribution is -2.40. The summed E-state index contributed by atoms with van der Waals surface area (Å²) >= 11 is 0. The molecule has 5 rings (SSSR count). The predicted molar refractivity (Wildman–Crippen MR) is 173 cm³/mol. The fourth-order valence-electron chi connectivity index (χ4n) is 6.09. The molecule has 1 saturated heterocycles. The van der Waals surface area contributed by atoms with Crippen molar-refractivity contribution in [3.05, 3.63) is 126 Å². The molecule has 1 unspecified atom stereocenters. The van der Waals surface area contributed by atoms with Gasteiger partial charge in [-0.1, -0.05) is 86.3 Å². The summed E-state index contributed by atoms with van der Waals surface area (Å²) in [6.07, 6.45) is -1.74. The third-order valence-corrected chi connectivity index (χ3v) is 8.30. The minimum atomic E-state index is -4.47. The Morgan fingerprint density at radius 3 is 2.14 bits per heavy atom. The van der Waals surface area contributed by atoms with E-state index in [1.165, 1.54) is 12.1 Å². The van der Waals surface area contributed by atoms with E-state index in [4.69, 9.17) is 0 Å². The van der Waals surface area contributed by atoms with Crippen LogP contribution in [0, 0.1) is 5.92 Å². The fraction of sp³-hybridized carbons (Fsp3) is 0.270. The smallest absolute Gasteiger partial charge is 0.372 e. The average Bonchev–Trinajstić information content (AvgIpc) is 3.05. The van der Waals surface area contributed by atoms with E-state index >= 15 is 0 Å². The quantitative estimate of drug-likeness (QED) is 0.192. The van der Waals surface area contributed by atoms with E-state index in [2.05, 4.69) is 41.2 Å². The van der Waals surface area contributed by atoms with Gasteiger partial charge in [0.2, 0.25) is 5.91 Å². The first-order chi connectivity index (χ1) is 21.3.